The second-order valence-electron chi connectivity index (χ2n) is 5.38. The van der Waals surface area contributed by atoms with Crippen molar-refractivity contribution in [2.45, 2.75) is 19.8 Å². The maximum absolute atomic E-state index is 5.82. The zero-order valence-electron chi connectivity index (χ0n) is 13.4. The van der Waals surface area contributed by atoms with E-state index in [-0.39, 0.29) is 11.3 Å². The molecule has 6 nitrogen and oxygen atoms in total. The lowest BCUT2D eigenvalue weighted by Crippen LogP contribution is -1.97. The highest BCUT2D eigenvalue weighted by atomic mass is 35.5. The minimum Gasteiger partial charge on any atom is -0.497 e. The van der Waals surface area contributed by atoms with Crippen LogP contribution in [0.2, 0.25) is 5.28 Å². The van der Waals surface area contributed by atoms with Gasteiger partial charge in [-0.1, -0.05) is 0 Å². The first kappa shape index (κ1) is 16.3. The van der Waals surface area contributed by atoms with E-state index in [1.54, 1.807) is 13.3 Å². The van der Waals surface area contributed by atoms with Gasteiger partial charge in [-0.05, 0) is 54.8 Å². The number of methoxy groups -OCH3 is 1. The molecular weight excluding hydrogens is 328 g/mol. The Bertz CT molecular complexity index is 864. The van der Waals surface area contributed by atoms with Crippen molar-refractivity contribution in [1.29, 1.82) is 0 Å². The molecule has 3 aromatic rings. The molecule has 3 rings (SSSR count). The summed E-state index contributed by atoms with van der Waals surface area (Å²) in [4.78, 5) is 12.4. The largest absolute Gasteiger partial charge is 0.497 e. The number of oxazole rings is 1. The predicted octanol–water partition coefficient (Wildman–Crippen LogP) is 3.47. The van der Waals surface area contributed by atoms with E-state index in [0.717, 1.165) is 28.3 Å². The molecule has 1 aromatic carbocycles. The summed E-state index contributed by atoms with van der Waals surface area (Å²) in [6.07, 6.45) is 2.88. The maximum Gasteiger partial charge on any atom is 0.292 e. The Balaban J connectivity index is 1.89. The van der Waals surface area contributed by atoms with Gasteiger partial charge in [0.2, 0.25) is 5.28 Å². The van der Waals surface area contributed by atoms with Gasteiger partial charge in [0, 0.05) is 23.9 Å². The van der Waals surface area contributed by atoms with E-state index < -0.39 is 0 Å². The number of aromatic nitrogens is 3. The van der Waals surface area contributed by atoms with E-state index in [9.17, 15) is 0 Å². The molecule has 2 aromatic heterocycles. The third-order valence-electron chi connectivity index (χ3n) is 3.57. The SMILES string of the molecule is COc1cc(C)cc(-c2nc(N)oc2CCc2ccnc(Cl)n2)c1. The monoisotopic (exact) mass is 344 g/mol. The zero-order valence-corrected chi connectivity index (χ0v) is 14.2. The van der Waals surface area contributed by atoms with Crippen molar-refractivity contribution in [3.8, 4) is 17.0 Å². The molecule has 2 heterocycles. The maximum atomic E-state index is 5.82. The first-order chi connectivity index (χ1) is 11.5. The van der Waals surface area contributed by atoms with Crippen LogP contribution in [-0.4, -0.2) is 22.1 Å². The normalized spacial score (nSPS) is 10.8. The van der Waals surface area contributed by atoms with Crippen LogP contribution in [0.25, 0.3) is 11.3 Å². The Labute approximate surface area is 144 Å². The van der Waals surface area contributed by atoms with Crippen molar-refractivity contribution >= 4 is 17.6 Å². The number of anilines is 1. The summed E-state index contributed by atoms with van der Waals surface area (Å²) in [5.41, 5.74) is 9.29. The highest BCUT2D eigenvalue weighted by Gasteiger charge is 2.15. The summed E-state index contributed by atoms with van der Waals surface area (Å²) >= 11 is 5.82. The lowest BCUT2D eigenvalue weighted by molar-refractivity contribution is 0.414. The fourth-order valence-corrected chi connectivity index (χ4v) is 2.68. The number of nitrogens with two attached hydrogens (primary N) is 1. The van der Waals surface area contributed by atoms with Crippen molar-refractivity contribution in [3.05, 3.63) is 52.8 Å². The van der Waals surface area contributed by atoms with Crippen molar-refractivity contribution in [1.82, 2.24) is 15.0 Å². The molecule has 0 aliphatic heterocycles. The molecule has 0 spiro atoms. The van der Waals surface area contributed by atoms with Gasteiger partial charge in [-0.2, -0.15) is 4.98 Å². The highest BCUT2D eigenvalue weighted by molar-refractivity contribution is 6.28. The number of hydrogen-bond acceptors (Lipinski definition) is 6. The molecule has 124 valence electrons. The van der Waals surface area contributed by atoms with E-state index in [1.807, 2.05) is 31.2 Å². The number of benzene rings is 1. The van der Waals surface area contributed by atoms with Gasteiger partial charge < -0.3 is 14.9 Å². The van der Waals surface area contributed by atoms with Crippen LogP contribution in [0.15, 0.2) is 34.9 Å². The van der Waals surface area contributed by atoms with E-state index in [0.29, 0.717) is 18.6 Å². The fraction of sp³-hybridized carbons (Fsp3) is 0.235. The summed E-state index contributed by atoms with van der Waals surface area (Å²) in [6.45, 7) is 2.00. The van der Waals surface area contributed by atoms with Crippen LogP contribution in [0.5, 0.6) is 5.75 Å². The molecule has 0 amide bonds. The molecule has 0 aliphatic carbocycles. The third-order valence-corrected chi connectivity index (χ3v) is 3.75. The minimum atomic E-state index is 0.140. The van der Waals surface area contributed by atoms with Crippen molar-refractivity contribution < 1.29 is 9.15 Å². The number of hydrogen-bond donors (Lipinski definition) is 1. The zero-order chi connectivity index (χ0) is 17.1. The van der Waals surface area contributed by atoms with Crippen LogP contribution >= 0.6 is 11.6 Å². The van der Waals surface area contributed by atoms with Gasteiger partial charge in [-0.3, -0.25) is 0 Å². The Morgan fingerprint density at radius 1 is 1.21 bits per heavy atom. The fourth-order valence-electron chi connectivity index (χ4n) is 2.52. The van der Waals surface area contributed by atoms with Crippen LogP contribution in [0, 0.1) is 6.92 Å². The number of nitrogens with zero attached hydrogens (tertiary/aromatic N) is 3. The van der Waals surface area contributed by atoms with Gasteiger partial charge >= 0.3 is 0 Å². The number of ether oxygens (including phenoxy) is 1. The molecule has 0 unspecified atom stereocenters. The van der Waals surface area contributed by atoms with Gasteiger partial charge in [-0.15, -0.1) is 0 Å². The lowest BCUT2D eigenvalue weighted by Gasteiger charge is -2.06. The van der Waals surface area contributed by atoms with E-state index in [1.165, 1.54) is 0 Å². The average molecular weight is 345 g/mol. The van der Waals surface area contributed by atoms with Crippen molar-refractivity contribution in [2.75, 3.05) is 12.8 Å². The number of nitrogen functional groups attached to an aromatic ring is 1. The van der Waals surface area contributed by atoms with E-state index >= 15 is 0 Å². The third kappa shape index (κ3) is 3.65. The summed E-state index contributed by atoms with van der Waals surface area (Å²) in [6, 6.07) is 7.85. The van der Waals surface area contributed by atoms with E-state index in [4.69, 9.17) is 26.5 Å². The lowest BCUT2D eigenvalue weighted by atomic mass is 10.0. The van der Waals surface area contributed by atoms with Crippen LogP contribution < -0.4 is 10.5 Å². The molecule has 0 aliphatic rings. The average Bonchev–Trinajstić information content (AvgIpc) is 2.93. The summed E-state index contributed by atoms with van der Waals surface area (Å²) < 4.78 is 10.9. The molecule has 0 atom stereocenters. The number of halogens is 1. The topological polar surface area (TPSA) is 87.1 Å². The second kappa shape index (κ2) is 6.88. The molecule has 0 saturated heterocycles. The van der Waals surface area contributed by atoms with Gasteiger partial charge in [-0.25, -0.2) is 9.97 Å². The molecule has 0 radical (unpaired) electrons. The predicted molar refractivity (Wildman–Crippen MR) is 92.1 cm³/mol. The van der Waals surface area contributed by atoms with Gasteiger partial charge in [0.1, 0.15) is 17.2 Å². The standard InChI is InChI=1S/C17H17ClN4O2/c1-10-7-11(9-13(8-10)23-2)15-14(24-17(19)22-15)4-3-12-5-6-20-16(18)21-12/h5-9H,3-4H2,1-2H3,(H2,19,22). The Kier molecular flexibility index (Phi) is 4.66. The van der Waals surface area contributed by atoms with Gasteiger partial charge in [0.25, 0.3) is 6.01 Å². The van der Waals surface area contributed by atoms with Crippen molar-refractivity contribution in [3.63, 3.8) is 0 Å². The number of rotatable bonds is 5. The highest BCUT2D eigenvalue weighted by Crippen LogP contribution is 2.30. The van der Waals surface area contributed by atoms with Gasteiger partial charge in [0.15, 0.2) is 0 Å². The molecule has 0 bridgehead atoms. The molecule has 7 heteroatoms. The number of aryl methyl sites for hydroxylation is 3. The summed E-state index contributed by atoms with van der Waals surface area (Å²) in [7, 11) is 1.63. The molecule has 0 saturated carbocycles. The van der Waals surface area contributed by atoms with Crippen LogP contribution in [0.3, 0.4) is 0 Å². The van der Waals surface area contributed by atoms with Crippen molar-refractivity contribution in [2.24, 2.45) is 0 Å². The smallest absolute Gasteiger partial charge is 0.292 e. The quantitative estimate of drug-likeness (QED) is 0.713. The first-order valence-corrected chi connectivity index (χ1v) is 7.81. The minimum absolute atomic E-state index is 0.140. The first-order valence-electron chi connectivity index (χ1n) is 7.44. The molecule has 24 heavy (non-hydrogen) atoms. The summed E-state index contributed by atoms with van der Waals surface area (Å²) in [5, 5.41) is 0.230. The van der Waals surface area contributed by atoms with Crippen LogP contribution in [-0.2, 0) is 12.8 Å². The van der Waals surface area contributed by atoms with Gasteiger partial charge in [0.05, 0.1) is 7.11 Å². The van der Waals surface area contributed by atoms with E-state index in [2.05, 4.69) is 15.0 Å². The van der Waals surface area contributed by atoms with Crippen LogP contribution in [0.1, 0.15) is 17.0 Å². The molecule has 2 N–H and O–H groups in total. The Morgan fingerprint density at radius 2 is 2.04 bits per heavy atom. The molecule has 0 fully saturated rings. The molecular formula is C17H17ClN4O2. The Hall–Kier alpha value is -2.60. The van der Waals surface area contributed by atoms with Crippen LogP contribution in [0.4, 0.5) is 6.01 Å². The summed E-state index contributed by atoms with van der Waals surface area (Å²) in [5.74, 6) is 1.47. The Morgan fingerprint density at radius 3 is 2.79 bits per heavy atom. The second-order valence-corrected chi connectivity index (χ2v) is 5.72.